The van der Waals surface area contributed by atoms with Crippen LogP contribution in [0.1, 0.15) is 31.3 Å². The topological polar surface area (TPSA) is 111 Å². The van der Waals surface area contributed by atoms with Gasteiger partial charge in [-0.3, -0.25) is 9.78 Å². The molecule has 1 aliphatic heterocycles. The van der Waals surface area contributed by atoms with Crippen LogP contribution >= 0.6 is 22.9 Å². The van der Waals surface area contributed by atoms with Crippen LogP contribution in [0.25, 0.3) is 17.0 Å². The molecule has 4 rings (SSSR count). The summed E-state index contributed by atoms with van der Waals surface area (Å²) in [4.78, 5) is 32.2. The van der Waals surface area contributed by atoms with Gasteiger partial charge in [-0.2, -0.15) is 4.31 Å². The molecule has 3 aromatic rings. The maximum atomic E-state index is 13.0. The molecule has 0 unspecified atom stereocenters. The number of amides is 1. The third kappa shape index (κ3) is 6.15. The van der Waals surface area contributed by atoms with E-state index in [1.54, 1.807) is 51.4 Å². The second kappa shape index (κ2) is 10.4. The summed E-state index contributed by atoms with van der Waals surface area (Å²) in [5.41, 5.74) is 0.453. The number of hydrogen-bond acceptors (Lipinski definition) is 8. The normalized spacial score (nSPS) is 15.6. The van der Waals surface area contributed by atoms with Crippen molar-refractivity contribution in [3.8, 4) is 5.75 Å². The minimum Gasteiger partial charge on any atom is -0.494 e. The largest absolute Gasteiger partial charge is 0.494 e. The van der Waals surface area contributed by atoms with E-state index in [2.05, 4.69) is 4.98 Å². The predicted octanol–water partition coefficient (Wildman–Crippen LogP) is 4.19. The lowest BCUT2D eigenvalue weighted by molar-refractivity contribution is -0.134. The van der Waals surface area contributed by atoms with Crippen LogP contribution < -0.4 is 4.74 Å². The molecule has 198 valence electrons. The van der Waals surface area contributed by atoms with E-state index >= 15 is 0 Å². The Morgan fingerprint density at radius 2 is 2.03 bits per heavy atom. The summed E-state index contributed by atoms with van der Waals surface area (Å²) >= 11 is 7.24. The summed E-state index contributed by atoms with van der Waals surface area (Å²) in [5, 5.41) is 1.79. The van der Waals surface area contributed by atoms with E-state index in [1.165, 1.54) is 34.0 Å². The summed E-state index contributed by atoms with van der Waals surface area (Å²) < 4.78 is 39.4. The molecule has 0 aliphatic carbocycles. The Bertz CT molecular complexity index is 1470. The number of fused-ring (bicyclic) bond motifs is 1. The smallest absolute Gasteiger partial charge is 0.419 e. The van der Waals surface area contributed by atoms with Crippen LogP contribution in [0, 0.1) is 0 Å². The first-order valence-electron chi connectivity index (χ1n) is 11.3. The van der Waals surface area contributed by atoms with Crippen molar-refractivity contribution in [2.45, 2.75) is 32.9 Å². The zero-order valence-electron chi connectivity index (χ0n) is 20.8. The lowest BCUT2D eigenvalue weighted by atomic mass is 10.2. The molecule has 10 nitrogen and oxygen atoms in total. The Morgan fingerprint density at radius 3 is 2.68 bits per heavy atom. The van der Waals surface area contributed by atoms with Crippen LogP contribution in [0.5, 0.6) is 5.75 Å². The molecule has 0 bridgehead atoms. The van der Waals surface area contributed by atoms with E-state index in [9.17, 15) is 18.0 Å². The van der Waals surface area contributed by atoms with Crippen molar-refractivity contribution in [2.75, 3.05) is 26.7 Å². The molecule has 13 heteroatoms. The van der Waals surface area contributed by atoms with Crippen LogP contribution in [-0.2, 0) is 26.1 Å². The zero-order valence-corrected chi connectivity index (χ0v) is 23.2. The van der Waals surface area contributed by atoms with Crippen LogP contribution in [0.3, 0.4) is 0 Å². The summed E-state index contributed by atoms with van der Waals surface area (Å²) in [5.74, 6) is 0.0928. The number of sulfonamides is 1. The summed E-state index contributed by atoms with van der Waals surface area (Å²) in [6.07, 6.45) is 4.08. The number of aromatic nitrogens is 2. The average molecular weight is 567 g/mol. The number of rotatable bonds is 6. The highest BCUT2D eigenvalue weighted by atomic mass is 35.5. The molecule has 0 spiro atoms. The molecule has 37 heavy (non-hydrogen) atoms. The van der Waals surface area contributed by atoms with Crippen LogP contribution in [0.2, 0.25) is 4.34 Å². The van der Waals surface area contributed by atoms with Crippen molar-refractivity contribution in [1.29, 1.82) is 0 Å². The summed E-state index contributed by atoms with van der Waals surface area (Å²) in [6, 6.07) is 5.13. The molecular weight excluding hydrogens is 540 g/mol. The van der Waals surface area contributed by atoms with Crippen molar-refractivity contribution in [1.82, 2.24) is 18.8 Å². The van der Waals surface area contributed by atoms with E-state index in [-0.39, 0.29) is 32.1 Å². The molecule has 0 radical (unpaired) electrons. The minimum atomic E-state index is -3.84. The lowest BCUT2D eigenvalue weighted by Gasteiger charge is -2.33. The fourth-order valence-corrected chi connectivity index (χ4v) is 6.20. The number of pyridine rings is 1. The maximum absolute atomic E-state index is 13.0. The Morgan fingerprint density at radius 1 is 1.27 bits per heavy atom. The highest BCUT2D eigenvalue weighted by molar-refractivity contribution is 7.92. The van der Waals surface area contributed by atoms with E-state index in [1.807, 2.05) is 0 Å². The van der Waals surface area contributed by atoms with Gasteiger partial charge in [-0.25, -0.2) is 17.8 Å². The first-order chi connectivity index (χ1) is 17.4. The molecule has 1 aliphatic rings. The van der Waals surface area contributed by atoms with Gasteiger partial charge in [-0.05, 0) is 45.0 Å². The van der Waals surface area contributed by atoms with Gasteiger partial charge in [0.05, 0.1) is 25.7 Å². The van der Waals surface area contributed by atoms with E-state index < -0.39 is 21.7 Å². The number of halogens is 1. The SMILES string of the molecule is COc1cc(/C=C/S(=O)(=O)N2CCN(Cc3cc4cnccc4n3C(=O)OC(C)(C)C)C(=O)C2)sc1Cl. The second-order valence-corrected chi connectivity index (χ2v) is 12.9. The van der Waals surface area contributed by atoms with Crippen molar-refractivity contribution < 1.29 is 27.5 Å². The van der Waals surface area contributed by atoms with Crippen molar-refractivity contribution >= 4 is 61.9 Å². The fourth-order valence-electron chi connectivity index (χ4n) is 3.85. The Kier molecular flexibility index (Phi) is 7.65. The summed E-state index contributed by atoms with van der Waals surface area (Å²) in [7, 11) is -2.36. The number of ether oxygens (including phenoxy) is 2. The van der Waals surface area contributed by atoms with Crippen LogP contribution in [0.4, 0.5) is 4.79 Å². The first kappa shape index (κ1) is 27.1. The molecule has 1 saturated heterocycles. The van der Waals surface area contributed by atoms with Crippen LogP contribution in [-0.4, -0.2) is 71.5 Å². The van der Waals surface area contributed by atoms with Gasteiger partial charge >= 0.3 is 6.09 Å². The molecular formula is C24H27ClN4O6S2. The monoisotopic (exact) mass is 566 g/mol. The molecule has 3 aromatic heterocycles. The fraction of sp³-hybridized carbons (Fsp3) is 0.375. The number of carbonyl (C=O) groups is 2. The van der Waals surface area contributed by atoms with Crippen molar-refractivity contribution in [3.05, 3.63) is 50.9 Å². The number of thiophene rings is 1. The van der Waals surface area contributed by atoms with Crippen molar-refractivity contribution in [2.24, 2.45) is 0 Å². The Hall–Kier alpha value is -2.93. The van der Waals surface area contributed by atoms with Gasteiger partial charge in [0.1, 0.15) is 15.7 Å². The maximum Gasteiger partial charge on any atom is 0.419 e. The number of nitrogens with zero attached hydrogens (tertiary/aromatic N) is 4. The number of methoxy groups -OCH3 is 1. The quantitative estimate of drug-likeness (QED) is 0.440. The molecule has 0 N–H and O–H groups in total. The lowest BCUT2D eigenvalue weighted by Crippen LogP contribution is -2.51. The van der Waals surface area contributed by atoms with Gasteiger partial charge in [0.25, 0.3) is 0 Å². The standard InChI is InChI=1S/C24H27ClN4O6S2/c1-24(2,3)35-23(31)29-17(11-16-13-26-7-5-19(16)29)14-27-8-9-28(15-21(27)30)37(32,33)10-6-18-12-20(34-4)22(25)36-18/h5-7,10-13H,8-9,14-15H2,1-4H3/b10-6+. The molecule has 0 atom stereocenters. The molecule has 1 amide bonds. The molecule has 0 saturated carbocycles. The zero-order chi connectivity index (χ0) is 27.0. The van der Waals surface area contributed by atoms with E-state index in [0.29, 0.717) is 26.2 Å². The Balaban J connectivity index is 1.50. The van der Waals surface area contributed by atoms with Crippen LogP contribution in [0.15, 0.2) is 36.0 Å². The van der Waals surface area contributed by atoms with Gasteiger partial charge in [0.2, 0.25) is 15.9 Å². The van der Waals surface area contributed by atoms with Gasteiger partial charge in [0.15, 0.2) is 0 Å². The number of carbonyl (C=O) groups excluding carboxylic acids is 2. The number of piperazine rings is 1. The second-order valence-electron chi connectivity index (χ2n) is 9.37. The Labute approximate surface area is 224 Å². The summed E-state index contributed by atoms with van der Waals surface area (Å²) in [6.45, 7) is 5.41. The van der Waals surface area contributed by atoms with E-state index in [0.717, 1.165) is 15.1 Å². The predicted molar refractivity (Wildman–Crippen MR) is 142 cm³/mol. The van der Waals surface area contributed by atoms with Gasteiger partial charge < -0.3 is 14.4 Å². The van der Waals surface area contributed by atoms with Gasteiger partial charge in [0, 0.05) is 46.8 Å². The molecule has 0 aromatic carbocycles. The molecule has 1 fully saturated rings. The van der Waals surface area contributed by atoms with E-state index in [4.69, 9.17) is 21.1 Å². The average Bonchev–Trinajstić information content (AvgIpc) is 3.37. The number of hydrogen-bond donors (Lipinski definition) is 0. The van der Waals surface area contributed by atoms with Gasteiger partial charge in [-0.15, -0.1) is 11.3 Å². The third-order valence-electron chi connectivity index (χ3n) is 5.55. The highest BCUT2D eigenvalue weighted by Gasteiger charge is 2.32. The first-order valence-corrected chi connectivity index (χ1v) is 14.0. The molecule has 4 heterocycles. The minimum absolute atomic E-state index is 0.112. The van der Waals surface area contributed by atoms with Gasteiger partial charge in [-0.1, -0.05) is 11.6 Å². The highest BCUT2D eigenvalue weighted by Crippen LogP contribution is 2.34. The van der Waals surface area contributed by atoms with Crippen molar-refractivity contribution in [3.63, 3.8) is 0 Å². The third-order valence-corrected chi connectivity index (χ3v) is 8.35.